The second-order valence-electron chi connectivity index (χ2n) is 7.36. The number of fused-ring (bicyclic) bond motifs is 1. The summed E-state index contributed by atoms with van der Waals surface area (Å²) in [5, 5.41) is 4.46. The van der Waals surface area contributed by atoms with E-state index < -0.39 is 9.05 Å². The van der Waals surface area contributed by atoms with E-state index in [-0.39, 0.29) is 21.7 Å². The summed E-state index contributed by atoms with van der Waals surface area (Å²) in [5.74, 6) is 0.567. The first-order valence-electron chi connectivity index (χ1n) is 8.63. The molecule has 0 bridgehead atoms. The largest absolute Gasteiger partial charge is 0.493 e. The smallest absolute Gasteiger partial charge is 0.277 e. The van der Waals surface area contributed by atoms with Crippen molar-refractivity contribution in [1.29, 1.82) is 0 Å². The van der Waals surface area contributed by atoms with E-state index in [1.807, 2.05) is 20.8 Å². The maximum Gasteiger partial charge on any atom is 0.277 e. The highest BCUT2D eigenvalue weighted by Gasteiger charge is 2.26. The molecule has 2 aromatic heterocycles. The molecule has 8 nitrogen and oxygen atoms in total. The Kier molecular flexibility index (Phi) is 5.01. The molecule has 0 aliphatic heterocycles. The summed E-state index contributed by atoms with van der Waals surface area (Å²) >= 11 is 0. The van der Waals surface area contributed by atoms with E-state index >= 15 is 0 Å². The van der Waals surface area contributed by atoms with Gasteiger partial charge in [-0.25, -0.2) is 13.4 Å². The second-order valence-corrected chi connectivity index (χ2v) is 9.93. The number of halogens is 1. The van der Waals surface area contributed by atoms with Gasteiger partial charge >= 0.3 is 0 Å². The zero-order chi connectivity index (χ0) is 20.9. The fourth-order valence-electron chi connectivity index (χ4n) is 2.94. The predicted octanol–water partition coefficient (Wildman–Crippen LogP) is 2.95. The third kappa shape index (κ3) is 3.64. The number of benzene rings is 1. The summed E-state index contributed by atoms with van der Waals surface area (Å²) in [4.78, 5) is 19.9. The van der Waals surface area contributed by atoms with Crippen LogP contribution in [0.4, 0.5) is 0 Å². The lowest BCUT2D eigenvalue weighted by molar-refractivity contribution is 0.341. The Hall–Kier alpha value is -2.39. The van der Waals surface area contributed by atoms with Gasteiger partial charge in [-0.05, 0) is 25.1 Å². The van der Waals surface area contributed by atoms with E-state index in [9.17, 15) is 13.2 Å². The molecule has 10 heteroatoms. The lowest BCUT2D eigenvalue weighted by Crippen LogP contribution is -2.14. The Labute approximate surface area is 166 Å². The molecule has 150 valence electrons. The van der Waals surface area contributed by atoms with Crippen molar-refractivity contribution < 1.29 is 13.2 Å². The number of nitrogens with one attached hydrogen (secondary N) is 1. The third-order valence-electron chi connectivity index (χ3n) is 4.19. The van der Waals surface area contributed by atoms with Crippen LogP contribution in [0.5, 0.6) is 5.75 Å². The predicted molar refractivity (Wildman–Crippen MR) is 107 cm³/mol. The molecule has 0 amide bonds. The molecule has 0 aliphatic carbocycles. The lowest BCUT2D eigenvalue weighted by atomic mass is 9.91. The van der Waals surface area contributed by atoms with Crippen LogP contribution in [0.3, 0.4) is 0 Å². The summed E-state index contributed by atoms with van der Waals surface area (Å²) in [6, 6.07) is 4.18. The monoisotopic (exact) mass is 424 g/mol. The molecule has 0 fully saturated rings. The SMILES string of the molecule is CCOc1ccc(S(=O)(=O)Cl)cc1-c1nc2c(C(C)(C)C)nn(C)c2c(=O)[nH]1. The molecular formula is C18H21ClN4O4S. The van der Waals surface area contributed by atoms with E-state index in [0.717, 1.165) is 0 Å². The third-order valence-corrected chi connectivity index (χ3v) is 5.54. The molecule has 0 spiro atoms. The van der Waals surface area contributed by atoms with Crippen LogP contribution in [0.1, 0.15) is 33.4 Å². The average Bonchev–Trinajstić information content (AvgIpc) is 2.92. The average molecular weight is 425 g/mol. The Bertz CT molecular complexity index is 1220. The van der Waals surface area contributed by atoms with E-state index in [0.29, 0.717) is 34.6 Å². The van der Waals surface area contributed by atoms with Gasteiger partial charge in [0, 0.05) is 23.1 Å². The number of ether oxygens (including phenoxy) is 1. The maximum atomic E-state index is 12.7. The van der Waals surface area contributed by atoms with Gasteiger partial charge in [-0.2, -0.15) is 5.10 Å². The van der Waals surface area contributed by atoms with Crippen molar-refractivity contribution in [2.24, 2.45) is 7.05 Å². The number of hydrogen-bond acceptors (Lipinski definition) is 6. The van der Waals surface area contributed by atoms with E-state index in [1.165, 1.54) is 22.9 Å². The quantitative estimate of drug-likeness (QED) is 0.645. The van der Waals surface area contributed by atoms with Gasteiger partial charge in [-0.15, -0.1) is 0 Å². The number of aryl methyl sites for hydroxylation is 1. The number of rotatable bonds is 4. The maximum absolute atomic E-state index is 12.7. The van der Waals surface area contributed by atoms with Crippen LogP contribution in [0.2, 0.25) is 0 Å². The van der Waals surface area contributed by atoms with Crippen LogP contribution in [-0.4, -0.2) is 34.8 Å². The van der Waals surface area contributed by atoms with E-state index in [1.54, 1.807) is 14.0 Å². The van der Waals surface area contributed by atoms with Crippen LogP contribution >= 0.6 is 10.7 Å². The standard InChI is InChI=1S/C18H21ClN4O4S/c1-6-27-12-8-7-10(28(19,25)26)9-11(12)16-20-13-14(17(24)21-16)23(5)22-15(13)18(2,3)4/h7-9H,6H2,1-5H3,(H,20,21,24). The molecule has 3 aromatic rings. The van der Waals surface area contributed by atoms with Gasteiger partial charge in [0.1, 0.15) is 17.1 Å². The summed E-state index contributed by atoms with van der Waals surface area (Å²) in [5.41, 5.74) is 1.06. The molecule has 2 heterocycles. The summed E-state index contributed by atoms with van der Waals surface area (Å²) in [6.07, 6.45) is 0. The minimum Gasteiger partial charge on any atom is -0.493 e. The molecule has 0 unspecified atom stereocenters. The fraction of sp³-hybridized carbons (Fsp3) is 0.389. The number of aromatic nitrogens is 4. The summed E-state index contributed by atoms with van der Waals surface area (Å²) in [7, 11) is 3.20. The number of nitrogens with zero attached hydrogens (tertiary/aromatic N) is 3. The van der Waals surface area contributed by atoms with Crippen molar-refractivity contribution in [3.63, 3.8) is 0 Å². The van der Waals surface area contributed by atoms with Gasteiger partial charge in [0.15, 0.2) is 5.52 Å². The van der Waals surface area contributed by atoms with Crippen LogP contribution < -0.4 is 10.3 Å². The highest BCUT2D eigenvalue weighted by atomic mass is 35.7. The van der Waals surface area contributed by atoms with Crippen molar-refractivity contribution in [3.05, 3.63) is 34.2 Å². The Morgan fingerprint density at radius 1 is 1.29 bits per heavy atom. The summed E-state index contributed by atoms with van der Waals surface area (Å²) < 4.78 is 30.6. The van der Waals surface area contributed by atoms with Crippen LogP contribution in [-0.2, 0) is 21.5 Å². The molecule has 0 saturated carbocycles. The van der Waals surface area contributed by atoms with Crippen LogP contribution in [0.15, 0.2) is 27.9 Å². The molecular weight excluding hydrogens is 404 g/mol. The molecule has 0 radical (unpaired) electrons. The molecule has 1 aromatic carbocycles. The zero-order valence-electron chi connectivity index (χ0n) is 16.2. The van der Waals surface area contributed by atoms with Crippen molar-refractivity contribution in [2.75, 3.05) is 6.61 Å². The van der Waals surface area contributed by atoms with E-state index in [2.05, 4.69) is 15.1 Å². The molecule has 0 saturated heterocycles. The second kappa shape index (κ2) is 6.89. The minimum absolute atomic E-state index is 0.113. The van der Waals surface area contributed by atoms with Crippen molar-refractivity contribution >= 4 is 30.8 Å². The lowest BCUT2D eigenvalue weighted by Gasteiger charge is -2.15. The highest BCUT2D eigenvalue weighted by molar-refractivity contribution is 8.13. The first-order valence-corrected chi connectivity index (χ1v) is 10.9. The molecule has 0 atom stereocenters. The molecule has 1 N–H and O–H groups in total. The van der Waals surface area contributed by atoms with Crippen LogP contribution in [0, 0.1) is 0 Å². The first-order chi connectivity index (χ1) is 12.9. The molecule has 28 heavy (non-hydrogen) atoms. The van der Waals surface area contributed by atoms with Gasteiger partial charge in [0.05, 0.1) is 22.8 Å². The van der Waals surface area contributed by atoms with Gasteiger partial charge in [-0.1, -0.05) is 20.8 Å². The number of H-pyrrole nitrogens is 1. The van der Waals surface area contributed by atoms with Gasteiger partial charge in [-0.3, -0.25) is 9.48 Å². The Balaban J connectivity index is 2.37. The van der Waals surface area contributed by atoms with Gasteiger partial charge in [0.25, 0.3) is 14.6 Å². The Morgan fingerprint density at radius 3 is 2.54 bits per heavy atom. The van der Waals surface area contributed by atoms with Crippen molar-refractivity contribution in [1.82, 2.24) is 19.7 Å². The fourth-order valence-corrected chi connectivity index (χ4v) is 3.72. The van der Waals surface area contributed by atoms with Crippen molar-refractivity contribution in [2.45, 2.75) is 38.0 Å². The normalized spacial score (nSPS) is 12.5. The zero-order valence-corrected chi connectivity index (χ0v) is 17.8. The summed E-state index contributed by atoms with van der Waals surface area (Å²) in [6.45, 7) is 8.08. The van der Waals surface area contributed by atoms with Gasteiger partial charge < -0.3 is 9.72 Å². The van der Waals surface area contributed by atoms with Crippen molar-refractivity contribution in [3.8, 4) is 17.1 Å². The first kappa shape index (κ1) is 20.3. The van der Waals surface area contributed by atoms with Crippen LogP contribution in [0.25, 0.3) is 22.4 Å². The molecule has 0 aliphatic rings. The molecule has 3 rings (SSSR count). The van der Waals surface area contributed by atoms with E-state index in [4.69, 9.17) is 15.4 Å². The highest BCUT2D eigenvalue weighted by Crippen LogP contribution is 2.33. The number of hydrogen-bond donors (Lipinski definition) is 1. The van der Waals surface area contributed by atoms with Gasteiger partial charge in [0.2, 0.25) is 0 Å². The number of aromatic amines is 1. The Morgan fingerprint density at radius 2 is 1.96 bits per heavy atom. The topological polar surface area (TPSA) is 107 Å². The minimum atomic E-state index is -3.96.